The van der Waals surface area contributed by atoms with E-state index in [9.17, 15) is 4.79 Å². The third-order valence-corrected chi connectivity index (χ3v) is 4.31. The normalized spacial score (nSPS) is 15.3. The summed E-state index contributed by atoms with van der Waals surface area (Å²) in [6.45, 7) is 4.54. The number of carbonyl (C=O) groups excluding carboxylic acids is 1. The second-order valence-electron chi connectivity index (χ2n) is 6.16. The fourth-order valence-corrected chi connectivity index (χ4v) is 2.84. The van der Waals surface area contributed by atoms with Crippen molar-refractivity contribution in [2.24, 2.45) is 5.92 Å². The van der Waals surface area contributed by atoms with Crippen LogP contribution >= 0.6 is 0 Å². The molecule has 1 aliphatic heterocycles. The molecule has 1 fully saturated rings. The van der Waals surface area contributed by atoms with Crippen LogP contribution in [0.25, 0.3) is 0 Å². The van der Waals surface area contributed by atoms with E-state index in [0.717, 1.165) is 30.4 Å². The Hall–Kier alpha value is -2.49. The van der Waals surface area contributed by atoms with Crippen LogP contribution in [0.15, 0.2) is 54.6 Å². The zero-order valence-electron chi connectivity index (χ0n) is 13.5. The first-order valence-corrected chi connectivity index (χ1v) is 8.19. The second kappa shape index (κ2) is 7.18. The summed E-state index contributed by atoms with van der Waals surface area (Å²) in [4.78, 5) is 14.4. The smallest absolute Gasteiger partial charge is 0.323 e. The molecule has 0 unspecified atom stereocenters. The van der Waals surface area contributed by atoms with Crippen molar-refractivity contribution in [3.8, 4) is 0 Å². The zero-order chi connectivity index (χ0) is 16.1. The van der Waals surface area contributed by atoms with E-state index in [-0.39, 0.29) is 6.03 Å². The molecular formula is C19H23N3O. The summed E-state index contributed by atoms with van der Waals surface area (Å²) >= 11 is 0. The SMILES string of the molecule is CC1CCN(c2ccc(NC(=O)Nc3ccccc3)cc2)CC1. The van der Waals surface area contributed by atoms with Crippen LogP contribution in [0.3, 0.4) is 0 Å². The summed E-state index contributed by atoms with van der Waals surface area (Å²) < 4.78 is 0. The van der Waals surface area contributed by atoms with Gasteiger partial charge in [0.25, 0.3) is 0 Å². The van der Waals surface area contributed by atoms with E-state index in [4.69, 9.17) is 0 Å². The summed E-state index contributed by atoms with van der Waals surface area (Å²) in [6, 6.07) is 17.3. The number of carbonyl (C=O) groups is 1. The molecule has 3 rings (SSSR count). The van der Waals surface area contributed by atoms with Crippen LogP contribution in [-0.4, -0.2) is 19.1 Å². The van der Waals surface area contributed by atoms with Gasteiger partial charge < -0.3 is 15.5 Å². The molecular weight excluding hydrogens is 286 g/mol. The monoisotopic (exact) mass is 309 g/mol. The molecule has 0 aliphatic carbocycles. The number of piperidine rings is 1. The van der Waals surface area contributed by atoms with Crippen molar-refractivity contribution < 1.29 is 4.79 Å². The lowest BCUT2D eigenvalue weighted by Crippen LogP contribution is -2.32. The molecule has 2 aromatic rings. The molecule has 120 valence electrons. The Morgan fingerprint density at radius 3 is 2.09 bits per heavy atom. The number of nitrogens with one attached hydrogen (secondary N) is 2. The van der Waals surface area contributed by atoms with Crippen LogP contribution in [0.4, 0.5) is 21.9 Å². The maximum Gasteiger partial charge on any atom is 0.323 e. The topological polar surface area (TPSA) is 44.4 Å². The van der Waals surface area contributed by atoms with E-state index in [1.807, 2.05) is 42.5 Å². The predicted octanol–water partition coefficient (Wildman–Crippen LogP) is 4.57. The average Bonchev–Trinajstić information content (AvgIpc) is 2.57. The molecule has 2 N–H and O–H groups in total. The molecule has 4 nitrogen and oxygen atoms in total. The molecule has 1 saturated heterocycles. The van der Waals surface area contributed by atoms with Gasteiger partial charge in [-0.3, -0.25) is 0 Å². The number of rotatable bonds is 3. The van der Waals surface area contributed by atoms with Gasteiger partial charge in [0.05, 0.1) is 0 Å². The molecule has 0 radical (unpaired) electrons. The van der Waals surface area contributed by atoms with Crippen LogP contribution in [-0.2, 0) is 0 Å². The molecule has 0 bridgehead atoms. The van der Waals surface area contributed by atoms with Gasteiger partial charge in [0.15, 0.2) is 0 Å². The lowest BCUT2D eigenvalue weighted by molar-refractivity contribution is 0.262. The molecule has 0 saturated carbocycles. The van der Waals surface area contributed by atoms with Gasteiger partial charge in [-0.25, -0.2) is 4.79 Å². The fourth-order valence-electron chi connectivity index (χ4n) is 2.84. The highest BCUT2D eigenvalue weighted by atomic mass is 16.2. The van der Waals surface area contributed by atoms with E-state index in [2.05, 4.69) is 34.6 Å². The number of para-hydroxylation sites is 1. The molecule has 2 aromatic carbocycles. The molecule has 0 spiro atoms. The first-order valence-electron chi connectivity index (χ1n) is 8.19. The van der Waals surface area contributed by atoms with E-state index < -0.39 is 0 Å². The van der Waals surface area contributed by atoms with Crippen LogP contribution < -0.4 is 15.5 Å². The minimum atomic E-state index is -0.226. The largest absolute Gasteiger partial charge is 0.372 e. The number of hydrogen-bond donors (Lipinski definition) is 2. The van der Waals surface area contributed by atoms with Crippen LogP contribution in [0.1, 0.15) is 19.8 Å². The second-order valence-corrected chi connectivity index (χ2v) is 6.16. The summed E-state index contributed by atoms with van der Waals surface area (Å²) in [6.07, 6.45) is 2.50. The Labute approximate surface area is 137 Å². The van der Waals surface area contributed by atoms with Crippen LogP contribution in [0, 0.1) is 5.92 Å². The number of hydrogen-bond acceptors (Lipinski definition) is 2. The van der Waals surface area contributed by atoms with E-state index >= 15 is 0 Å². The summed E-state index contributed by atoms with van der Waals surface area (Å²) in [5, 5.41) is 5.67. The van der Waals surface area contributed by atoms with Gasteiger partial charge in [-0.1, -0.05) is 25.1 Å². The van der Waals surface area contributed by atoms with E-state index in [1.54, 1.807) is 0 Å². The number of anilines is 3. The van der Waals surface area contributed by atoms with Gasteiger partial charge in [0.1, 0.15) is 0 Å². The summed E-state index contributed by atoms with van der Waals surface area (Å²) in [7, 11) is 0. The van der Waals surface area contributed by atoms with Crippen molar-refractivity contribution in [1.82, 2.24) is 0 Å². The highest BCUT2D eigenvalue weighted by molar-refractivity contribution is 5.99. The first kappa shape index (κ1) is 15.4. The number of amides is 2. The van der Waals surface area contributed by atoms with Crippen molar-refractivity contribution in [2.45, 2.75) is 19.8 Å². The van der Waals surface area contributed by atoms with Gasteiger partial charge in [0.2, 0.25) is 0 Å². The molecule has 1 heterocycles. The van der Waals surface area contributed by atoms with Crippen molar-refractivity contribution in [2.75, 3.05) is 28.6 Å². The maximum atomic E-state index is 12.0. The quantitative estimate of drug-likeness (QED) is 0.872. The lowest BCUT2D eigenvalue weighted by Gasteiger charge is -2.32. The predicted molar refractivity (Wildman–Crippen MR) is 96.1 cm³/mol. The van der Waals surface area contributed by atoms with Gasteiger partial charge in [-0.15, -0.1) is 0 Å². The summed E-state index contributed by atoms with van der Waals surface area (Å²) in [5.74, 6) is 0.828. The summed E-state index contributed by atoms with van der Waals surface area (Å²) in [5.41, 5.74) is 2.81. The minimum absolute atomic E-state index is 0.226. The van der Waals surface area contributed by atoms with Crippen LogP contribution in [0.2, 0.25) is 0 Å². The molecule has 4 heteroatoms. The molecule has 23 heavy (non-hydrogen) atoms. The maximum absolute atomic E-state index is 12.0. The number of benzene rings is 2. The minimum Gasteiger partial charge on any atom is -0.372 e. The van der Waals surface area contributed by atoms with Crippen molar-refractivity contribution in [1.29, 1.82) is 0 Å². The van der Waals surface area contributed by atoms with E-state index in [0.29, 0.717) is 0 Å². The van der Waals surface area contributed by atoms with E-state index in [1.165, 1.54) is 18.5 Å². The molecule has 0 atom stereocenters. The Balaban J connectivity index is 1.56. The first-order chi connectivity index (χ1) is 11.2. The Kier molecular flexibility index (Phi) is 4.81. The fraction of sp³-hybridized carbons (Fsp3) is 0.316. The Morgan fingerprint density at radius 2 is 1.48 bits per heavy atom. The van der Waals surface area contributed by atoms with Crippen molar-refractivity contribution in [3.63, 3.8) is 0 Å². The van der Waals surface area contributed by atoms with Gasteiger partial charge in [0, 0.05) is 30.2 Å². The van der Waals surface area contributed by atoms with Crippen molar-refractivity contribution in [3.05, 3.63) is 54.6 Å². The molecule has 2 amide bonds. The van der Waals surface area contributed by atoms with Gasteiger partial charge >= 0.3 is 6.03 Å². The lowest BCUT2D eigenvalue weighted by atomic mass is 9.99. The third kappa shape index (κ3) is 4.25. The van der Waals surface area contributed by atoms with Crippen LogP contribution in [0.5, 0.6) is 0 Å². The van der Waals surface area contributed by atoms with Gasteiger partial charge in [-0.2, -0.15) is 0 Å². The average molecular weight is 309 g/mol. The number of nitrogens with zero attached hydrogens (tertiary/aromatic N) is 1. The Bertz CT molecular complexity index is 631. The third-order valence-electron chi connectivity index (χ3n) is 4.31. The highest BCUT2D eigenvalue weighted by Gasteiger charge is 2.15. The zero-order valence-corrected chi connectivity index (χ0v) is 13.5. The number of urea groups is 1. The molecule has 1 aliphatic rings. The highest BCUT2D eigenvalue weighted by Crippen LogP contribution is 2.24. The Morgan fingerprint density at radius 1 is 0.913 bits per heavy atom. The van der Waals surface area contributed by atoms with Gasteiger partial charge in [-0.05, 0) is 55.2 Å². The molecule has 0 aromatic heterocycles. The standard InChI is InChI=1S/C19H23N3O/c1-15-11-13-22(14-12-15)18-9-7-17(8-10-18)21-19(23)20-16-5-3-2-4-6-16/h2-10,15H,11-14H2,1H3,(H2,20,21,23). The van der Waals surface area contributed by atoms with Crippen molar-refractivity contribution >= 4 is 23.1 Å².